The number of hydrogen-bond acceptors (Lipinski definition) is 4. The van der Waals surface area contributed by atoms with E-state index in [2.05, 4.69) is 5.32 Å². The second-order valence-corrected chi connectivity index (χ2v) is 9.91. The van der Waals surface area contributed by atoms with Crippen molar-refractivity contribution in [1.29, 1.82) is 0 Å². The van der Waals surface area contributed by atoms with E-state index >= 15 is 0 Å². The zero-order valence-corrected chi connectivity index (χ0v) is 18.3. The largest absolute Gasteiger partial charge is 0.375 e. The number of fused-ring (bicyclic) bond motifs is 3. The molecule has 164 valence electrons. The minimum absolute atomic E-state index is 0.0255. The molecule has 1 fully saturated rings. The monoisotopic (exact) mass is 472 g/mol. The second-order valence-electron chi connectivity index (χ2n) is 8.13. The van der Waals surface area contributed by atoms with Crippen LogP contribution in [-0.2, 0) is 0 Å². The van der Waals surface area contributed by atoms with E-state index < -0.39 is 0 Å². The molecule has 1 aliphatic heterocycles. The minimum atomic E-state index is -0.388. The van der Waals surface area contributed by atoms with Crippen molar-refractivity contribution < 1.29 is 13.7 Å². The lowest BCUT2D eigenvalue weighted by Gasteiger charge is -2.38. The molecule has 2 aliphatic rings. The molecule has 1 N–H and O–H groups in total. The number of hydrogen-bond donors (Lipinski definition) is 1. The zero-order chi connectivity index (χ0) is 22.4. The molecule has 0 unspecified atom stereocenters. The first kappa shape index (κ1) is 21.2. The smallest absolute Gasteiger partial charge is 0.282 e. The second kappa shape index (κ2) is 8.37. The van der Waals surface area contributed by atoms with Crippen LogP contribution >= 0.6 is 23.4 Å². The molecule has 0 bridgehead atoms. The van der Waals surface area contributed by atoms with Crippen molar-refractivity contribution in [3.8, 4) is 0 Å². The van der Waals surface area contributed by atoms with Gasteiger partial charge in [0, 0.05) is 17.2 Å². The molecule has 0 radical (unpaired) electrons. The normalized spacial score (nSPS) is 26.2. The molecule has 0 amide bonds. The van der Waals surface area contributed by atoms with Gasteiger partial charge in [0.2, 0.25) is 0 Å². The summed E-state index contributed by atoms with van der Waals surface area (Å²) in [6.07, 6.45) is 0.681. The van der Waals surface area contributed by atoms with Crippen molar-refractivity contribution in [3.63, 3.8) is 0 Å². The molecule has 4 nitrogen and oxygen atoms in total. The molecule has 3 aromatic carbocycles. The first-order chi connectivity index (χ1) is 15.4. The van der Waals surface area contributed by atoms with Crippen molar-refractivity contribution >= 4 is 34.7 Å². The first-order valence-electron chi connectivity index (χ1n) is 10.3. The lowest BCUT2D eigenvalue weighted by atomic mass is 9.77. The third-order valence-electron chi connectivity index (χ3n) is 6.37. The number of nitrogens with one attached hydrogen (secondary N) is 1. The van der Waals surface area contributed by atoms with Crippen LogP contribution in [0.4, 0.5) is 20.2 Å². The summed E-state index contributed by atoms with van der Waals surface area (Å²) in [5, 5.41) is 14.3. The molecule has 0 saturated heterocycles. The maximum absolute atomic E-state index is 14.7. The van der Waals surface area contributed by atoms with Crippen molar-refractivity contribution in [2.24, 2.45) is 5.92 Å². The van der Waals surface area contributed by atoms with Gasteiger partial charge in [-0.05, 0) is 47.7 Å². The summed E-state index contributed by atoms with van der Waals surface area (Å²) in [7, 11) is 0. The molecule has 5 rings (SSSR count). The molecule has 8 heteroatoms. The van der Waals surface area contributed by atoms with Gasteiger partial charge in [-0.2, -0.15) is 0 Å². The van der Waals surface area contributed by atoms with E-state index in [1.165, 1.54) is 36.0 Å². The van der Waals surface area contributed by atoms with Crippen molar-refractivity contribution in [3.05, 3.63) is 99.6 Å². The van der Waals surface area contributed by atoms with E-state index in [0.717, 1.165) is 11.1 Å². The molecule has 1 heterocycles. The number of para-hydroxylation sites is 2. The van der Waals surface area contributed by atoms with E-state index in [1.54, 1.807) is 36.4 Å². The Morgan fingerprint density at radius 3 is 2.53 bits per heavy atom. The molecule has 5 atom stereocenters. The maximum atomic E-state index is 14.7. The standard InChI is InChI=1S/C24H19ClF2N2O2S/c25-22-20(32-19-7-2-1-6-18(19)29(30)31)12-16-21(22)15-4-3-5-17(27)24(15)28-23(16)13-8-10-14(26)11-9-13/h1-11,16,20-23,28H,12H2/t16-,20+,21-,22-,23-/m0/s1. The number of thioether (sulfide) groups is 1. The van der Waals surface area contributed by atoms with Gasteiger partial charge < -0.3 is 5.32 Å². The first-order valence-corrected chi connectivity index (χ1v) is 11.6. The number of nitro groups is 1. The van der Waals surface area contributed by atoms with Crippen LogP contribution in [0.15, 0.2) is 71.6 Å². The summed E-state index contributed by atoms with van der Waals surface area (Å²) < 4.78 is 28.3. The van der Waals surface area contributed by atoms with Crippen molar-refractivity contribution in [2.45, 2.75) is 33.9 Å². The third-order valence-corrected chi connectivity index (χ3v) is 8.48. The number of benzene rings is 3. The molecule has 32 heavy (non-hydrogen) atoms. The van der Waals surface area contributed by atoms with Gasteiger partial charge in [-0.1, -0.05) is 36.4 Å². The molecule has 1 saturated carbocycles. The molecular weight excluding hydrogens is 454 g/mol. The number of alkyl halides is 1. The van der Waals surface area contributed by atoms with Crippen LogP contribution < -0.4 is 5.32 Å². The highest BCUT2D eigenvalue weighted by atomic mass is 35.5. The SMILES string of the molecule is O=[N+]([O-])c1ccccc1S[C@@H]1C[C@H]2[C@H](c3cccc(F)c3N[C@H]2c2ccc(F)cc2)[C@H]1Cl. The van der Waals surface area contributed by atoms with Gasteiger partial charge in [-0.15, -0.1) is 23.4 Å². The van der Waals surface area contributed by atoms with Crippen LogP contribution in [0.25, 0.3) is 0 Å². The van der Waals surface area contributed by atoms with Crippen molar-refractivity contribution in [2.75, 3.05) is 5.32 Å². The van der Waals surface area contributed by atoms with E-state index in [-0.39, 0.29) is 50.7 Å². The van der Waals surface area contributed by atoms with Crippen LogP contribution in [-0.4, -0.2) is 15.6 Å². The van der Waals surface area contributed by atoms with Gasteiger partial charge in [0.05, 0.1) is 26.9 Å². The molecule has 1 aliphatic carbocycles. The molecule has 3 aromatic rings. The zero-order valence-electron chi connectivity index (χ0n) is 16.8. The van der Waals surface area contributed by atoms with Crippen LogP contribution in [0.5, 0.6) is 0 Å². The van der Waals surface area contributed by atoms with Gasteiger partial charge >= 0.3 is 0 Å². The van der Waals surface area contributed by atoms with E-state index in [4.69, 9.17) is 11.6 Å². The van der Waals surface area contributed by atoms with E-state index in [0.29, 0.717) is 17.0 Å². The van der Waals surface area contributed by atoms with Gasteiger partial charge in [-0.25, -0.2) is 8.78 Å². The van der Waals surface area contributed by atoms with Crippen LogP contribution in [0.1, 0.15) is 29.5 Å². The lowest BCUT2D eigenvalue weighted by molar-refractivity contribution is -0.387. The summed E-state index contributed by atoms with van der Waals surface area (Å²) in [6, 6.07) is 17.6. The van der Waals surface area contributed by atoms with Crippen LogP contribution in [0.3, 0.4) is 0 Å². The molecule has 0 spiro atoms. The van der Waals surface area contributed by atoms with E-state index in [9.17, 15) is 18.9 Å². The quantitative estimate of drug-likeness (QED) is 0.254. The van der Waals surface area contributed by atoms with Crippen molar-refractivity contribution in [1.82, 2.24) is 0 Å². The molecular formula is C24H19ClF2N2O2S. The Kier molecular flexibility index (Phi) is 5.55. The summed E-state index contributed by atoms with van der Waals surface area (Å²) in [5.41, 5.74) is 2.15. The summed E-state index contributed by atoms with van der Waals surface area (Å²) in [6.45, 7) is 0. The van der Waals surface area contributed by atoms with Crippen LogP contribution in [0.2, 0.25) is 0 Å². The topological polar surface area (TPSA) is 55.2 Å². The van der Waals surface area contributed by atoms with E-state index in [1.807, 2.05) is 6.07 Å². The van der Waals surface area contributed by atoms with Gasteiger partial charge in [0.1, 0.15) is 11.6 Å². The average molecular weight is 473 g/mol. The van der Waals surface area contributed by atoms with Gasteiger partial charge in [0.15, 0.2) is 0 Å². The Labute approximate surface area is 193 Å². The summed E-state index contributed by atoms with van der Waals surface area (Å²) in [5.74, 6) is -0.803. The Hall–Kier alpha value is -2.64. The van der Waals surface area contributed by atoms with Gasteiger partial charge in [0.25, 0.3) is 5.69 Å². The number of nitrogens with zero attached hydrogens (tertiary/aromatic N) is 1. The van der Waals surface area contributed by atoms with Crippen LogP contribution in [0, 0.1) is 27.7 Å². The maximum Gasteiger partial charge on any atom is 0.282 e. The summed E-state index contributed by atoms with van der Waals surface area (Å²) >= 11 is 8.39. The Bertz CT molecular complexity index is 1180. The average Bonchev–Trinajstić information content (AvgIpc) is 3.11. The minimum Gasteiger partial charge on any atom is -0.375 e. The predicted molar refractivity (Wildman–Crippen MR) is 122 cm³/mol. The fraction of sp³-hybridized carbons (Fsp3) is 0.250. The van der Waals surface area contributed by atoms with Gasteiger partial charge in [-0.3, -0.25) is 10.1 Å². The fourth-order valence-electron chi connectivity index (χ4n) is 4.98. The highest BCUT2D eigenvalue weighted by molar-refractivity contribution is 8.00. The summed E-state index contributed by atoms with van der Waals surface area (Å²) in [4.78, 5) is 11.7. The Morgan fingerprint density at radius 2 is 1.78 bits per heavy atom. The highest BCUT2D eigenvalue weighted by Gasteiger charge is 2.50. The number of anilines is 1. The highest BCUT2D eigenvalue weighted by Crippen LogP contribution is 2.58. The lowest BCUT2D eigenvalue weighted by Crippen LogP contribution is -2.31. The number of nitro benzene ring substituents is 1. The predicted octanol–water partition coefficient (Wildman–Crippen LogP) is 6.91. The molecule has 0 aromatic heterocycles. The fourth-order valence-corrected chi connectivity index (χ4v) is 6.92. The number of halogens is 3. The Morgan fingerprint density at radius 1 is 1.03 bits per heavy atom. The third kappa shape index (κ3) is 3.63. The number of rotatable bonds is 4. The Balaban J connectivity index is 1.54.